The van der Waals surface area contributed by atoms with Gasteiger partial charge in [-0.05, 0) is 70.2 Å². The van der Waals surface area contributed by atoms with Crippen molar-refractivity contribution in [2.75, 3.05) is 26.1 Å². The number of rotatable bonds is 25. The largest absolute Gasteiger partial charge is 0.491 e. The smallest absolute Gasteiger partial charge is 0.264 e. The summed E-state index contributed by atoms with van der Waals surface area (Å²) in [6, 6.07) is 6.02. The molecule has 5 nitrogen and oxygen atoms in total. The van der Waals surface area contributed by atoms with Gasteiger partial charge >= 0.3 is 0 Å². The van der Waals surface area contributed by atoms with Crippen LogP contribution < -0.4 is 9.47 Å². The third kappa shape index (κ3) is 22.0. The molecule has 40 heavy (non-hydrogen) atoms. The summed E-state index contributed by atoms with van der Waals surface area (Å²) in [5.41, 5.74) is 3.85. The van der Waals surface area contributed by atoms with E-state index in [1.807, 2.05) is 12.1 Å². The Hall–Kier alpha value is -1.79. The molecule has 0 saturated carbocycles. The SMILES string of the molecule is CCCCCCCCCCCCCCCc1cc(OC/C=C(\C)CCC=C(C)C)cc(OCCOS(C)(=O)=O)c1. The van der Waals surface area contributed by atoms with Crippen molar-refractivity contribution in [1.82, 2.24) is 0 Å². The van der Waals surface area contributed by atoms with Gasteiger partial charge in [0.15, 0.2) is 0 Å². The number of aryl methyl sites for hydroxylation is 1. The summed E-state index contributed by atoms with van der Waals surface area (Å²) in [7, 11) is -3.47. The van der Waals surface area contributed by atoms with Crippen molar-refractivity contribution < 1.29 is 22.1 Å². The summed E-state index contributed by atoms with van der Waals surface area (Å²) in [4.78, 5) is 0. The Morgan fingerprint density at radius 2 is 1.27 bits per heavy atom. The fraction of sp³-hybridized carbons (Fsp3) is 0.706. The van der Waals surface area contributed by atoms with Gasteiger partial charge < -0.3 is 9.47 Å². The van der Waals surface area contributed by atoms with Crippen LogP contribution in [0.25, 0.3) is 0 Å². The molecule has 0 aromatic heterocycles. The number of ether oxygens (including phenoxy) is 2. The topological polar surface area (TPSA) is 61.8 Å². The van der Waals surface area contributed by atoms with E-state index < -0.39 is 10.1 Å². The Morgan fingerprint density at radius 1 is 0.725 bits per heavy atom. The molecule has 0 bridgehead atoms. The van der Waals surface area contributed by atoms with Crippen molar-refractivity contribution in [3.8, 4) is 11.5 Å². The predicted molar refractivity (Wildman–Crippen MR) is 170 cm³/mol. The van der Waals surface area contributed by atoms with Gasteiger partial charge in [0.25, 0.3) is 10.1 Å². The van der Waals surface area contributed by atoms with E-state index >= 15 is 0 Å². The molecule has 0 radical (unpaired) electrons. The summed E-state index contributed by atoms with van der Waals surface area (Å²) >= 11 is 0. The summed E-state index contributed by atoms with van der Waals surface area (Å²) < 4.78 is 39.1. The van der Waals surface area contributed by atoms with Crippen LogP contribution in [0.3, 0.4) is 0 Å². The molecule has 1 aromatic rings. The molecular weight excluding hydrogens is 520 g/mol. The maximum Gasteiger partial charge on any atom is 0.264 e. The second-order valence-corrected chi connectivity index (χ2v) is 13.0. The van der Waals surface area contributed by atoms with Gasteiger partial charge in [0.2, 0.25) is 0 Å². The molecule has 0 heterocycles. The monoisotopic (exact) mass is 578 g/mol. The average molecular weight is 579 g/mol. The van der Waals surface area contributed by atoms with Gasteiger partial charge in [-0.25, -0.2) is 0 Å². The van der Waals surface area contributed by atoms with Crippen LogP contribution in [-0.2, 0) is 20.7 Å². The molecule has 6 heteroatoms. The van der Waals surface area contributed by atoms with Gasteiger partial charge in [0, 0.05) is 6.07 Å². The van der Waals surface area contributed by atoms with Crippen molar-refractivity contribution in [1.29, 1.82) is 0 Å². The van der Waals surface area contributed by atoms with E-state index in [9.17, 15) is 8.42 Å². The lowest BCUT2D eigenvalue weighted by Gasteiger charge is -2.12. The molecule has 230 valence electrons. The van der Waals surface area contributed by atoms with Crippen LogP contribution in [-0.4, -0.2) is 34.5 Å². The van der Waals surface area contributed by atoms with E-state index in [1.54, 1.807) is 0 Å². The van der Waals surface area contributed by atoms with Gasteiger partial charge in [-0.15, -0.1) is 0 Å². The lowest BCUT2D eigenvalue weighted by molar-refractivity contribution is 0.221. The second kappa shape index (κ2) is 22.8. The average Bonchev–Trinajstić information content (AvgIpc) is 2.88. The molecule has 0 atom stereocenters. The third-order valence-corrected chi connectivity index (χ3v) is 7.53. The molecular formula is C34H58O5S. The van der Waals surface area contributed by atoms with Crippen molar-refractivity contribution in [2.45, 2.75) is 130 Å². The zero-order valence-corrected chi connectivity index (χ0v) is 27.1. The molecule has 0 spiro atoms. The number of hydrogen-bond acceptors (Lipinski definition) is 5. The fourth-order valence-corrected chi connectivity index (χ4v) is 4.97. The third-order valence-electron chi connectivity index (χ3n) is 6.93. The highest BCUT2D eigenvalue weighted by Gasteiger charge is 2.06. The van der Waals surface area contributed by atoms with Crippen LogP contribution in [0.2, 0.25) is 0 Å². The van der Waals surface area contributed by atoms with Crippen LogP contribution in [0.5, 0.6) is 11.5 Å². The van der Waals surface area contributed by atoms with Gasteiger partial charge in [-0.2, -0.15) is 8.42 Å². The van der Waals surface area contributed by atoms with Crippen molar-refractivity contribution in [3.05, 3.63) is 47.1 Å². The molecule has 0 fully saturated rings. The Labute approximate surface area is 246 Å². The van der Waals surface area contributed by atoms with Crippen LogP contribution >= 0.6 is 0 Å². The van der Waals surface area contributed by atoms with Gasteiger partial charge in [0.1, 0.15) is 31.3 Å². The second-order valence-electron chi connectivity index (χ2n) is 11.4. The minimum absolute atomic E-state index is 0.00821. The Morgan fingerprint density at radius 3 is 1.82 bits per heavy atom. The molecule has 0 aliphatic heterocycles. The lowest BCUT2D eigenvalue weighted by atomic mass is 10.0. The minimum Gasteiger partial charge on any atom is -0.491 e. The standard InChI is InChI=1S/C34H58O5S/c1-6-7-8-9-10-11-12-13-14-15-16-17-18-22-32-27-33(37-24-23-31(4)21-19-20-30(2)3)29-34(28-32)38-25-26-39-40(5,35)36/h20,23,27-29H,6-19,21-22,24-26H2,1-5H3/b31-23+. The highest BCUT2D eigenvalue weighted by molar-refractivity contribution is 7.85. The lowest BCUT2D eigenvalue weighted by Crippen LogP contribution is -2.11. The number of allylic oxidation sites excluding steroid dienone is 3. The molecule has 0 amide bonds. The first-order chi connectivity index (χ1) is 19.2. The summed E-state index contributed by atoms with van der Waals surface area (Å²) in [5, 5.41) is 0. The van der Waals surface area contributed by atoms with Crippen LogP contribution in [0.15, 0.2) is 41.5 Å². The first kappa shape index (κ1) is 36.2. The quantitative estimate of drug-likeness (QED) is 0.0656. The molecule has 1 aromatic carbocycles. The van der Waals surface area contributed by atoms with Crippen molar-refractivity contribution >= 4 is 10.1 Å². The maximum absolute atomic E-state index is 11.2. The van der Waals surface area contributed by atoms with Crippen LogP contribution in [0, 0.1) is 0 Å². The highest BCUT2D eigenvalue weighted by Crippen LogP contribution is 2.25. The van der Waals surface area contributed by atoms with Crippen molar-refractivity contribution in [3.63, 3.8) is 0 Å². The van der Waals surface area contributed by atoms with Crippen molar-refractivity contribution in [2.24, 2.45) is 0 Å². The van der Waals surface area contributed by atoms with E-state index in [0.717, 1.165) is 37.7 Å². The first-order valence-corrected chi connectivity index (χ1v) is 17.5. The van der Waals surface area contributed by atoms with E-state index in [2.05, 4.69) is 45.9 Å². The Bertz CT molecular complexity index is 945. The molecule has 0 unspecified atom stereocenters. The number of unbranched alkanes of at least 4 members (excludes halogenated alkanes) is 12. The Kier molecular flexibility index (Phi) is 20.7. The first-order valence-electron chi connectivity index (χ1n) is 15.7. The minimum atomic E-state index is -3.47. The van der Waals surface area contributed by atoms with Gasteiger partial charge in [0.05, 0.1) is 6.26 Å². The number of hydrogen-bond donors (Lipinski definition) is 0. The van der Waals surface area contributed by atoms with Crippen LogP contribution in [0.1, 0.15) is 130 Å². The Balaban J connectivity index is 2.47. The van der Waals surface area contributed by atoms with E-state index in [1.165, 1.54) is 93.8 Å². The molecule has 0 saturated heterocycles. The fourth-order valence-electron chi connectivity index (χ4n) is 4.60. The summed E-state index contributed by atoms with van der Waals surface area (Å²) in [6.07, 6.45) is 25.9. The maximum atomic E-state index is 11.2. The van der Waals surface area contributed by atoms with Gasteiger partial charge in [-0.3, -0.25) is 4.18 Å². The van der Waals surface area contributed by atoms with E-state index in [4.69, 9.17) is 13.7 Å². The molecule has 0 aliphatic carbocycles. The molecule has 0 aliphatic rings. The van der Waals surface area contributed by atoms with Crippen LogP contribution in [0.4, 0.5) is 0 Å². The zero-order valence-electron chi connectivity index (χ0n) is 26.3. The van der Waals surface area contributed by atoms with Gasteiger partial charge in [-0.1, -0.05) is 101 Å². The summed E-state index contributed by atoms with van der Waals surface area (Å²) in [6.45, 7) is 9.34. The highest BCUT2D eigenvalue weighted by atomic mass is 32.2. The van der Waals surface area contributed by atoms with E-state index in [0.29, 0.717) is 12.4 Å². The molecule has 1 rings (SSSR count). The summed E-state index contributed by atoms with van der Waals surface area (Å²) in [5.74, 6) is 1.46. The molecule has 0 N–H and O–H groups in total. The van der Waals surface area contributed by atoms with E-state index in [-0.39, 0.29) is 13.2 Å². The zero-order chi connectivity index (χ0) is 29.5. The predicted octanol–water partition coefficient (Wildman–Crippen LogP) is 9.75. The number of benzene rings is 1. The normalized spacial score (nSPS) is 12.0.